The highest BCUT2D eigenvalue weighted by Crippen LogP contribution is 2.24. The molecule has 41 heavy (non-hydrogen) atoms. The number of methoxy groups -OCH3 is 1. The van der Waals surface area contributed by atoms with Crippen molar-refractivity contribution in [1.82, 2.24) is 25.2 Å². The molecule has 1 atom stereocenters. The second-order valence-electron chi connectivity index (χ2n) is 10.0. The van der Waals surface area contributed by atoms with Gasteiger partial charge in [0.2, 0.25) is 0 Å². The summed E-state index contributed by atoms with van der Waals surface area (Å²) in [5.74, 6) is -0.989. The number of anilines is 2. The normalized spacial score (nSPS) is 17.9. The molecule has 218 valence electrons. The number of oxazole rings is 1. The van der Waals surface area contributed by atoms with Gasteiger partial charge in [0.1, 0.15) is 19.0 Å². The van der Waals surface area contributed by atoms with Gasteiger partial charge in [-0.2, -0.15) is 4.98 Å². The maximum atomic E-state index is 13.1. The van der Waals surface area contributed by atoms with Gasteiger partial charge in [0, 0.05) is 71.6 Å². The van der Waals surface area contributed by atoms with Gasteiger partial charge in [0.15, 0.2) is 5.69 Å². The van der Waals surface area contributed by atoms with Crippen LogP contribution in [0, 0.1) is 0 Å². The number of rotatable bonds is 11. The molecular formula is C28H34FN7O5. The minimum Gasteiger partial charge on any atom is -0.460 e. The Labute approximate surface area is 237 Å². The molecule has 2 saturated heterocycles. The van der Waals surface area contributed by atoms with Gasteiger partial charge in [-0.25, -0.2) is 14.4 Å². The number of carbonyl (C=O) groups is 2. The van der Waals surface area contributed by atoms with Crippen LogP contribution in [0.5, 0.6) is 6.01 Å². The average Bonchev–Trinajstić information content (AvgIpc) is 3.68. The molecule has 0 saturated carbocycles. The Kier molecular flexibility index (Phi) is 9.36. The fourth-order valence-corrected chi connectivity index (χ4v) is 4.99. The first-order valence-corrected chi connectivity index (χ1v) is 13.7. The number of carbonyl (C=O) groups excluding carboxylic acids is 2. The lowest BCUT2D eigenvalue weighted by atomic mass is 10.1. The molecule has 2 fully saturated rings. The first-order chi connectivity index (χ1) is 20.0. The predicted octanol–water partition coefficient (Wildman–Crippen LogP) is 2.68. The van der Waals surface area contributed by atoms with Crippen molar-refractivity contribution in [3.63, 3.8) is 0 Å². The molecule has 2 aliphatic rings. The number of nitrogens with one attached hydrogen (secondary N) is 2. The molecule has 0 unspecified atom stereocenters. The number of alkyl halides is 1. The Morgan fingerprint density at radius 2 is 1.88 bits per heavy atom. The summed E-state index contributed by atoms with van der Waals surface area (Å²) in [4.78, 5) is 42.7. The van der Waals surface area contributed by atoms with E-state index in [4.69, 9.17) is 13.9 Å². The molecule has 2 aromatic heterocycles. The number of hydrogen-bond donors (Lipinski definition) is 2. The van der Waals surface area contributed by atoms with E-state index in [0.29, 0.717) is 37.3 Å². The summed E-state index contributed by atoms with van der Waals surface area (Å²) in [7, 11) is 1.70. The summed E-state index contributed by atoms with van der Waals surface area (Å²) < 4.78 is 29.6. The fourth-order valence-electron chi connectivity index (χ4n) is 4.99. The van der Waals surface area contributed by atoms with Crippen LogP contribution in [0.25, 0.3) is 0 Å². The molecular weight excluding hydrogens is 533 g/mol. The maximum absolute atomic E-state index is 13.1. The van der Waals surface area contributed by atoms with Crippen molar-refractivity contribution in [2.45, 2.75) is 38.0 Å². The van der Waals surface area contributed by atoms with E-state index in [2.05, 4.69) is 30.5 Å². The van der Waals surface area contributed by atoms with Crippen molar-refractivity contribution in [3.05, 3.63) is 59.7 Å². The Morgan fingerprint density at radius 3 is 2.61 bits per heavy atom. The number of halogens is 1. The minimum atomic E-state index is -0.690. The first-order valence-electron chi connectivity index (χ1n) is 13.7. The Balaban J connectivity index is 1.22. The number of benzene rings is 1. The largest absolute Gasteiger partial charge is 0.460 e. The zero-order valence-electron chi connectivity index (χ0n) is 22.9. The third-order valence-corrected chi connectivity index (χ3v) is 7.18. The van der Waals surface area contributed by atoms with Crippen LogP contribution in [0.4, 0.5) is 16.1 Å². The molecule has 0 aliphatic carbocycles. The van der Waals surface area contributed by atoms with E-state index in [1.54, 1.807) is 37.7 Å². The van der Waals surface area contributed by atoms with Gasteiger partial charge >= 0.3 is 6.01 Å². The van der Waals surface area contributed by atoms with Gasteiger partial charge in [0.25, 0.3) is 17.8 Å². The smallest absolute Gasteiger partial charge is 0.316 e. The molecule has 4 heterocycles. The number of amides is 2. The van der Waals surface area contributed by atoms with Crippen LogP contribution >= 0.6 is 0 Å². The highest BCUT2D eigenvalue weighted by Gasteiger charge is 2.26. The van der Waals surface area contributed by atoms with Crippen molar-refractivity contribution >= 4 is 23.5 Å². The minimum absolute atomic E-state index is 0.0248. The topological polar surface area (TPSA) is 135 Å². The molecule has 13 heteroatoms. The average molecular weight is 568 g/mol. The van der Waals surface area contributed by atoms with Crippen LogP contribution in [0.15, 0.2) is 47.3 Å². The van der Waals surface area contributed by atoms with Gasteiger partial charge in [-0.15, -0.1) is 0 Å². The number of hydrogen-bond acceptors (Lipinski definition) is 10. The highest BCUT2D eigenvalue weighted by molar-refractivity contribution is 6.08. The predicted molar refractivity (Wildman–Crippen MR) is 148 cm³/mol. The summed E-state index contributed by atoms with van der Waals surface area (Å²) in [5, 5.41) is 5.32. The molecule has 1 aromatic carbocycles. The first kappa shape index (κ1) is 28.4. The molecule has 2 N–H and O–H groups in total. The number of ether oxygens (including phenoxy) is 2. The van der Waals surface area contributed by atoms with Gasteiger partial charge in [0.05, 0.1) is 17.4 Å². The van der Waals surface area contributed by atoms with E-state index in [1.807, 2.05) is 11.0 Å². The molecule has 3 aromatic rings. The zero-order valence-corrected chi connectivity index (χ0v) is 22.9. The van der Waals surface area contributed by atoms with Crippen molar-refractivity contribution < 1.29 is 27.9 Å². The van der Waals surface area contributed by atoms with E-state index in [9.17, 15) is 14.0 Å². The van der Waals surface area contributed by atoms with Crippen LogP contribution in [-0.2, 0) is 11.3 Å². The van der Waals surface area contributed by atoms with Gasteiger partial charge < -0.3 is 29.4 Å². The lowest BCUT2D eigenvalue weighted by molar-refractivity contribution is 0.0951. The lowest BCUT2D eigenvalue weighted by Crippen LogP contribution is -2.38. The summed E-state index contributed by atoms with van der Waals surface area (Å²) in [6, 6.07) is 7.69. The van der Waals surface area contributed by atoms with Crippen LogP contribution in [0.3, 0.4) is 0 Å². The molecule has 2 amide bonds. The Hall–Kier alpha value is -4.10. The summed E-state index contributed by atoms with van der Waals surface area (Å²) in [6.45, 7) is 2.77. The lowest BCUT2D eigenvalue weighted by Gasteiger charge is -2.30. The second kappa shape index (κ2) is 13.5. The highest BCUT2D eigenvalue weighted by atomic mass is 19.1. The molecule has 5 rings (SSSR count). The number of aromatic nitrogens is 3. The van der Waals surface area contributed by atoms with Gasteiger partial charge in [-0.1, -0.05) is 6.07 Å². The third kappa shape index (κ3) is 7.35. The van der Waals surface area contributed by atoms with Crippen molar-refractivity contribution in [2.24, 2.45) is 0 Å². The van der Waals surface area contributed by atoms with Gasteiger partial charge in [-0.05, 0) is 30.2 Å². The molecule has 12 nitrogen and oxygen atoms in total. The van der Waals surface area contributed by atoms with E-state index in [1.165, 1.54) is 6.26 Å². The van der Waals surface area contributed by atoms with Crippen LogP contribution in [-0.4, -0.2) is 90.4 Å². The monoisotopic (exact) mass is 567 g/mol. The van der Waals surface area contributed by atoms with Crippen molar-refractivity contribution in [2.75, 3.05) is 56.7 Å². The number of piperidine rings is 1. The fraction of sp³-hybridized carbons (Fsp3) is 0.464. The summed E-state index contributed by atoms with van der Waals surface area (Å²) in [6.07, 6.45) is 7.11. The third-order valence-electron chi connectivity index (χ3n) is 7.18. The Bertz CT molecular complexity index is 1320. The van der Waals surface area contributed by atoms with E-state index in [0.717, 1.165) is 37.9 Å². The maximum Gasteiger partial charge on any atom is 0.316 e. The van der Waals surface area contributed by atoms with Crippen molar-refractivity contribution in [3.8, 4) is 6.01 Å². The Morgan fingerprint density at radius 1 is 1.10 bits per heavy atom. The van der Waals surface area contributed by atoms with Crippen molar-refractivity contribution in [1.29, 1.82) is 0 Å². The zero-order chi connectivity index (χ0) is 28.6. The van der Waals surface area contributed by atoms with Crippen LogP contribution < -0.4 is 20.3 Å². The second-order valence-corrected chi connectivity index (χ2v) is 10.0. The van der Waals surface area contributed by atoms with E-state index in [-0.39, 0.29) is 30.0 Å². The number of nitrogens with zero attached hydrogens (tertiary/aromatic N) is 5. The van der Waals surface area contributed by atoms with E-state index >= 15 is 0 Å². The molecule has 2 aliphatic heterocycles. The summed E-state index contributed by atoms with van der Waals surface area (Å²) >= 11 is 0. The van der Waals surface area contributed by atoms with Crippen LogP contribution in [0.2, 0.25) is 0 Å². The molecule has 0 bridgehead atoms. The molecule has 0 radical (unpaired) electrons. The molecule has 0 spiro atoms. The SMILES string of the molecule is CO[C@H]1CCN(Cc2ccc(NC(=O)c3coc(N4CCC(Oc5ncccn5)CC4)n3)c(C(=O)NCCF)c2)C1. The number of likely N-dealkylation sites (tertiary alicyclic amines) is 1. The standard InChI is InChI=1S/C28H34FN7O5/c1-39-21-5-12-35(17-21)16-19-3-4-23(22(15-19)25(37)30-11-8-29)33-26(38)24-18-40-28(34-24)36-13-6-20(7-14-36)41-27-31-9-2-10-32-27/h2-4,9-10,15,18,20-21H,5-8,11-14,16-17H2,1H3,(H,30,37)(H,33,38)/t21-/m0/s1. The van der Waals surface area contributed by atoms with Crippen LogP contribution in [0.1, 0.15) is 45.7 Å². The quantitative estimate of drug-likeness (QED) is 0.356. The summed E-state index contributed by atoms with van der Waals surface area (Å²) in [5.41, 5.74) is 1.54. The van der Waals surface area contributed by atoms with Gasteiger partial charge in [-0.3, -0.25) is 14.5 Å². The van der Waals surface area contributed by atoms with E-state index < -0.39 is 18.5 Å².